The predicted molar refractivity (Wildman–Crippen MR) is 105 cm³/mol. The van der Waals surface area contributed by atoms with Gasteiger partial charge in [0.25, 0.3) is 0 Å². The van der Waals surface area contributed by atoms with Gasteiger partial charge in [0.15, 0.2) is 0 Å². The maximum absolute atomic E-state index is 12.7. The van der Waals surface area contributed by atoms with Gasteiger partial charge in [-0.15, -0.1) is 0 Å². The van der Waals surface area contributed by atoms with Crippen molar-refractivity contribution in [2.75, 3.05) is 65.4 Å². The first kappa shape index (κ1) is 19.5. The first-order chi connectivity index (χ1) is 13.0. The molecule has 3 rings (SSSR count). The summed E-state index contributed by atoms with van der Waals surface area (Å²) in [7, 11) is 5.52. The van der Waals surface area contributed by atoms with Gasteiger partial charge in [-0.25, -0.2) is 0 Å². The van der Waals surface area contributed by atoms with Crippen molar-refractivity contribution in [2.24, 2.45) is 0 Å². The number of piperidine rings is 1. The molecule has 7 nitrogen and oxygen atoms in total. The number of carbonyl (C=O) groups is 2. The number of methoxy groups -OCH3 is 1. The summed E-state index contributed by atoms with van der Waals surface area (Å²) in [5.74, 6) is 0.0711. The van der Waals surface area contributed by atoms with Crippen LogP contribution in [0.1, 0.15) is 12.8 Å². The molecule has 0 saturated carbocycles. The van der Waals surface area contributed by atoms with E-state index in [0.29, 0.717) is 26.2 Å². The van der Waals surface area contributed by atoms with E-state index in [9.17, 15) is 9.59 Å². The molecule has 0 N–H and O–H groups in total. The predicted octanol–water partition coefficient (Wildman–Crippen LogP) is 0.896. The molecule has 0 aromatic heterocycles. The van der Waals surface area contributed by atoms with Crippen molar-refractivity contribution < 1.29 is 14.3 Å². The number of ether oxygens (including phenoxy) is 1. The highest BCUT2D eigenvalue weighted by atomic mass is 16.5. The Labute approximate surface area is 161 Å². The lowest BCUT2D eigenvalue weighted by Gasteiger charge is -2.38. The molecule has 7 heteroatoms. The number of piperazine rings is 1. The van der Waals surface area contributed by atoms with Gasteiger partial charge in [-0.2, -0.15) is 0 Å². The average Bonchev–Trinajstić information content (AvgIpc) is 2.72. The molecule has 2 heterocycles. The lowest BCUT2D eigenvalue weighted by Crippen LogP contribution is -2.55. The third kappa shape index (κ3) is 4.35. The van der Waals surface area contributed by atoms with Gasteiger partial charge in [-0.05, 0) is 45.1 Å². The van der Waals surface area contributed by atoms with Crippen molar-refractivity contribution in [3.8, 4) is 5.75 Å². The van der Waals surface area contributed by atoms with Crippen LogP contribution in [-0.4, -0.2) is 93.0 Å². The number of anilines is 1. The van der Waals surface area contributed by atoms with Crippen LogP contribution in [0.15, 0.2) is 24.3 Å². The standard InChI is InChI=1S/C20H30N4O3/c1-21-10-8-16(9-11-21)22(2)19(25)20(26)24-14-12-23(13-15-24)17-6-4-5-7-18(17)27-3/h4-7,16H,8-15H2,1-3H3. The van der Waals surface area contributed by atoms with Crippen LogP contribution in [0.4, 0.5) is 5.69 Å². The Bertz CT molecular complexity index is 665. The van der Waals surface area contributed by atoms with E-state index in [4.69, 9.17) is 4.74 Å². The van der Waals surface area contributed by atoms with E-state index in [-0.39, 0.29) is 17.9 Å². The summed E-state index contributed by atoms with van der Waals surface area (Å²) in [6, 6.07) is 8.05. The zero-order chi connectivity index (χ0) is 19.4. The molecule has 0 unspecified atom stereocenters. The van der Waals surface area contributed by atoms with Crippen molar-refractivity contribution in [3.63, 3.8) is 0 Å². The summed E-state index contributed by atoms with van der Waals surface area (Å²) in [6.07, 6.45) is 1.85. The monoisotopic (exact) mass is 374 g/mol. The van der Waals surface area contributed by atoms with Crippen molar-refractivity contribution in [1.82, 2.24) is 14.7 Å². The van der Waals surface area contributed by atoms with Crippen molar-refractivity contribution in [2.45, 2.75) is 18.9 Å². The fourth-order valence-electron chi connectivity index (χ4n) is 3.88. The Morgan fingerprint density at radius 3 is 2.30 bits per heavy atom. The number of likely N-dealkylation sites (tertiary alicyclic amines) is 1. The molecule has 0 bridgehead atoms. The summed E-state index contributed by atoms with van der Waals surface area (Å²) >= 11 is 0. The molecule has 0 spiro atoms. The highest BCUT2D eigenvalue weighted by Gasteiger charge is 2.32. The molecule has 27 heavy (non-hydrogen) atoms. The smallest absolute Gasteiger partial charge is 0.312 e. The van der Waals surface area contributed by atoms with Crippen molar-refractivity contribution in [3.05, 3.63) is 24.3 Å². The minimum absolute atomic E-state index is 0.160. The highest BCUT2D eigenvalue weighted by Crippen LogP contribution is 2.28. The van der Waals surface area contributed by atoms with Crippen LogP contribution < -0.4 is 9.64 Å². The van der Waals surface area contributed by atoms with Gasteiger partial charge < -0.3 is 24.3 Å². The van der Waals surface area contributed by atoms with Crippen LogP contribution in [-0.2, 0) is 9.59 Å². The molecular weight excluding hydrogens is 344 g/mol. The first-order valence-electron chi connectivity index (χ1n) is 9.64. The molecule has 1 aromatic carbocycles. The number of hydrogen-bond donors (Lipinski definition) is 0. The summed E-state index contributed by atoms with van der Waals surface area (Å²) in [5, 5.41) is 0. The number of benzene rings is 1. The lowest BCUT2D eigenvalue weighted by atomic mass is 10.0. The molecule has 2 saturated heterocycles. The van der Waals surface area contributed by atoms with Gasteiger partial charge in [0.1, 0.15) is 5.75 Å². The summed E-state index contributed by atoms with van der Waals surface area (Å²) in [6.45, 7) is 4.41. The minimum Gasteiger partial charge on any atom is -0.495 e. The minimum atomic E-state index is -0.379. The van der Waals surface area contributed by atoms with Crippen LogP contribution in [0.2, 0.25) is 0 Å². The second-order valence-electron chi connectivity index (χ2n) is 7.40. The molecule has 2 aliphatic heterocycles. The number of hydrogen-bond acceptors (Lipinski definition) is 5. The van der Waals surface area contributed by atoms with Crippen molar-refractivity contribution in [1.29, 1.82) is 0 Å². The van der Waals surface area contributed by atoms with Crippen LogP contribution in [0.25, 0.3) is 0 Å². The summed E-state index contributed by atoms with van der Waals surface area (Å²) in [5.41, 5.74) is 1.03. The SMILES string of the molecule is COc1ccccc1N1CCN(C(=O)C(=O)N(C)C2CCN(C)CC2)CC1. The Balaban J connectivity index is 1.55. The average molecular weight is 374 g/mol. The van der Waals surface area contributed by atoms with E-state index in [0.717, 1.165) is 37.4 Å². The summed E-state index contributed by atoms with van der Waals surface area (Å²) < 4.78 is 5.43. The molecule has 1 aromatic rings. The molecule has 2 amide bonds. The second-order valence-corrected chi connectivity index (χ2v) is 7.40. The van der Waals surface area contributed by atoms with E-state index in [2.05, 4.69) is 16.8 Å². The van der Waals surface area contributed by atoms with Crippen LogP contribution in [0.5, 0.6) is 5.75 Å². The Hall–Kier alpha value is -2.28. The number of likely N-dealkylation sites (N-methyl/N-ethyl adjacent to an activating group) is 1. The fourth-order valence-corrected chi connectivity index (χ4v) is 3.88. The third-order valence-corrected chi connectivity index (χ3v) is 5.73. The molecule has 148 valence electrons. The van der Waals surface area contributed by atoms with E-state index in [1.54, 1.807) is 24.0 Å². The maximum Gasteiger partial charge on any atom is 0.312 e. The van der Waals surface area contributed by atoms with Crippen LogP contribution in [0.3, 0.4) is 0 Å². The third-order valence-electron chi connectivity index (χ3n) is 5.73. The molecule has 0 aliphatic carbocycles. The van der Waals surface area contributed by atoms with E-state index >= 15 is 0 Å². The highest BCUT2D eigenvalue weighted by molar-refractivity contribution is 6.34. The topological polar surface area (TPSA) is 56.3 Å². The van der Waals surface area contributed by atoms with Gasteiger partial charge in [0.05, 0.1) is 12.8 Å². The van der Waals surface area contributed by atoms with E-state index in [1.807, 2.05) is 24.3 Å². The van der Waals surface area contributed by atoms with Gasteiger partial charge in [0, 0.05) is 39.3 Å². The fraction of sp³-hybridized carbons (Fsp3) is 0.600. The zero-order valence-electron chi connectivity index (χ0n) is 16.6. The lowest BCUT2D eigenvalue weighted by molar-refractivity contribution is -0.152. The van der Waals surface area contributed by atoms with Gasteiger partial charge in [0.2, 0.25) is 0 Å². The van der Waals surface area contributed by atoms with Gasteiger partial charge >= 0.3 is 11.8 Å². The largest absolute Gasteiger partial charge is 0.495 e. The van der Waals surface area contributed by atoms with Crippen LogP contribution >= 0.6 is 0 Å². The molecular formula is C20H30N4O3. The van der Waals surface area contributed by atoms with E-state index < -0.39 is 0 Å². The molecule has 0 radical (unpaired) electrons. The number of amides is 2. The molecule has 2 fully saturated rings. The first-order valence-corrected chi connectivity index (χ1v) is 9.64. The van der Waals surface area contributed by atoms with Crippen LogP contribution in [0, 0.1) is 0 Å². The Kier molecular flexibility index (Phi) is 6.21. The zero-order valence-corrected chi connectivity index (χ0v) is 16.6. The Morgan fingerprint density at radius 1 is 1.04 bits per heavy atom. The normalized spacial score (nSPS) is 19.1. The Morgan fingerprint density at radius 2 is 1.67 bits per heavy atom. The van der Waals surface area contributed by atoms with Gasteiger partial charge in [-0.3, -0.25) is 9.59 Å². The quantitative estimate of drug-likeness (QED) is 0.736. The van der Waals surface area contributed by atoms with E-state index in [1.165, 1.54) is 0 Å². The molecule has 0 atom stereocenters. The van der Waals surface area contributed by atoms with Crippen molar-refractivity contribution >= 4 is 17.5 Å². The number of nitrogens with zero attached hydrogens (tertiary/aromatic N) is 4. The number of rotatable bonds is 3. The number of para-hydroxylation sites is 2. The van der Waals surface area contributed by atoms with Gasteiger partial charge in [-0.1, -0.05) is 12.1 Å². The number of carbonyl (C=O) groups excluding carboxylic acids is 2. The molecule has 2 aliphatic rings. The summed E-state index contributed by atoms with van der Waals surface area (Å²) in [4.78, 5) is 33.2. The maximum atomic E-state index is 12.7. The second kappa shape index (κ2) is 8.61.